The molecule has 0 aliphatic heterocycles. The highest BCUT2D eigenvalue weighted by atomic mass is 79.9. The van der Waals surface area contributed by atoms with E-state index in [0.29, 0.717) is 0 Å². The summed E-state index contributed by atoms with van der Waals surface area (Å²) in [4.78, 5) is 9.39. The van der Waals surface area contributed by atoms with Gasteiger partial charge in [0.1, 0.15) is 11.6 Å². The van der Waals surface area contributed by atoms with Gasteiger partial charge in [-0.3, -0.25) is 0 Å². The molecule has 19 heavy (non-hydrogen) atoms. The van der Waals surface area contributed by atoms with Gasteiger partial charge in [0.25, 0.3) is 0 Å². The van der Waals surface area contributed by atoms with Gasteiger partial charge in [-0.25, -0.2) is 9.97 Å². The summed E-state index contributed by atoms with van der Waals surface area (Å²) in [6, 6.07) is 10.6. The van der Waals surface area contributed by atoms with Crippen molar-refractivity contribution in [2.75, 3.05) is 12.4 Å². The van der Waals surface area contributed by atoms with E-state index in [1.807, 2.05) is 20.0 Å². The topological polar surface area (TPSA) is 37.8 Å². The number of halogens is 1. The van der Waals surface area contributed by atoms with Crippen molar-refractivity contribution >= 4 is 21.7 Å². The maximum Gasteiger partial charge on any atom is 0.144 e. The van der Waals surface area contributed by atoms with Gasteiger partial charge in [0.2, 0.25) is 0 Å². The Balaban J connectivity index is 2.10. The summed E-state index contributed by atoms with van der Waals surface area (Å²) in [6.45, 7) is 2.01. The number of aromatic nitrogens is 2. The van der Waals surface area contributed by atoms with E-state index in [-0.39, 0.29) is 5.41 Å². The van der Waals surface area contributed by atoms with Crippen molar-refractivity contribution in [2.45, 2.75) is 25.2 Å². The molecule has 1 aliphatic carbocycles. The minimum atomic E-state index is 0.0261. The molecular weight excluding hydrogens is 302 g/mol. The Morgan fingerprint density at radius 3 is 2.42 bits per heavy atom. The third-order valence-corrected chi connectivity index (χ3v) is 4.71. The van der Waals surface area contributed by atoms with Crippen LogP contribution in [0.2, 0.25) is 0 Å². The molecule has 0 atom stereocenters. The lowest BCUT2D eigenvalue weighted by atomic mass is 9.95. The average Bonchev–Trinajstić information content (AvgIpc) is 3.24. The van der Waals surface area contributed by atoms with Crippen molar-refractivity contribution in [2.24, 2.45) is 0 Å². The average molecular weight is 318 g/mol. The van der Waals surface area contributed by atoms with E-state index in [2.05, 4.69) is 45.5 Å². The lowest BCUT2D eigenvalue weighted by Gasteiger charge is -2.17. The molecule has 0 unspecified atom stereocenters. The molecule has 1 aliphatic rings. The number of aryl methyl sites for hydroxylation is 1. The van der Waals surface area contributed by atoms with E-state index in [9.17, 15) is 0 Å². The van der Waals surface area contributed by atoms with E-state index in [1.54, 1.807) is 0 Å². The maximum atomic E-state index is 4.69. The summed E-state index contributed by atoms with van der Waals surface area (Å²) in [5.74, 6) is 1.80. The van der Waals surface area contributed by atoms with E-state index in [0.717, 1.165) is 34.7 Å². The number of rotatable bonds is 3. The van der Waals surface area contributed by atoms with Crippen molar-refractivity contribution in [1.82, 2.24) is 9.97 Å². The molecule has 1 saturated carbocycles. The van der Waals surface area contributed by atoms with Gasteiger partial charge in [0.05, 0.1) is 15.6 Å². The number of benzene rings is 1. The van der Waals surface area contributed by atoms with Crippen LogP contribution in [0.5, 0.6) is 0 Å². The lowest BCUT2D eigenvalue weighted by molar-refractivity contribution is 0.747. The third-order valence-electron chi connectivity index (χ3n) is 3.76. The minimum Gasteiger partial charge on any atom is -0.372 e. The van der Waals surface area contributed by atoms with Crippen LogP contribution in [-0.4, -0.2) is 17.0 Å². The summed E-state index contributed by atoms with van der Waals surface area (Å²) < 4.78 is 0.947. The van der Waals surface area contributed by atoms with Crippen LogP contribution >= 0.6 is 15.9 Å². The zero-order valence-corrected chi connectivity index (χ0v) is 12.7. The van der Waals surface area contributed by atoms with Crippen molar-refractivity contribution < 1.29 is 0 Å². The Hall–Kier alpha value is -1.42. The van der Waals surface area contributed by atoms with Gasteiger partial charge < -0.3 is 5.32 Å². The Morgan fingerprint density at radius 1 is 1.16 bits per heavy atom. The summed E-state index contributed by atoms with van der Waals surface area (Å²) in [5, 5.41) is 3.13. The fourth-order valence-corrected chi connectivity index (χ4v) is 2.84. The number of nitrogens with one attached hydrogen (secondary N) is 1. The Morgan fingerprint density at radius 2 is 1.84 bits per heavy atom. The highest BCUT2D eigenvalue weighted by Gasteiger charge is 2.48. The molecule has 0 spiro atoms. The zero-order valence-electron chi connectivity index (χ0n) is 11.1. The van der Waals surface area contributed by atoms with Crippen LogP contribution in [0.3, 0.4) is 0 Å². The Labute approximate surface area is 121 Å². The van der Waals surface area contributed by atoms with Gasteiger partial charge in [-0.15, -0.1) is 0 Å². The van der Waals surface area contributed by atoms with E-state index in [1.165, 1.54) is 5.56 Å². The molecule has 1 heterocycles. The highest BCUT2D eigenvalue weighted by Crippen LogP contribution is 2.52. The minimum absolute atomic E-state index is 0.0261. The molecule has 2 aromatic rings. The number of hydrogen-bond donors (Lipinski definition) is 1. The van der Waals surface area contributed by atoms with Gasteiger partial charge in [-0.05, 0) is 41.3 Å². The molecule has 0 saturated heterocycles. The van der Waals surface area contributed by atoms with Crippen LogP contribution in [0, 0.1) is 6.92 Å². The molecule has 0 radical (unpaired) electrons. The summed E-state index contributed by atoms with van der Waals surface area (Å²) >= 11 is 3.53. The second kappa shape index (κ2) is 4.60. The summed E-state index contributed by atoms with van der Waals surface area (Å²) in [5.41, 5.74) is 2.33. The van der Waals surface area contributed by atoms with Gasteiger partial charge in [0, 0.05) is 7.05 Å². The van der Waals surface area contributed by atoms with Gasteiger partial charge in [0.15, 0.2) is 0 Å². The highest BCUT2D eigenvalue weighted by molar-refractivity contribution is 9.10. The van der Waals surface area contributed by atoms with Crippen LogP contribution < -0.4 is 5.32 Å². The molecule has 1 fully saturated rings. The predicted octanol–water partition coefficient (Wildman–Crippen LogP) is 3.67. The van der Waals surface area contributed by atoms with Crippen molar-refractivity contribution in [1.29, 1.82) is 0 Å². The number of anilines is 1. The molecule has 1 N–H and O–H groups in total. The molecule has 0 amide bonds. The van der Waals surface area contributed by atoms with E-state index < -0.39 is 0 Å². The summed E-state index contributed by atoms with van der Waals surface area (Å²) in [6.07, 6.45) is 2.25. The van der Waals surface area contributed by atoms with E-state index >= 15 is 0 Å². The van der Waals surface area contributed by atoms with Crippen LogP contribution in [0.1, 0.15) is 29.9 Å². The second-order valence-electron chi connectivity index (χ2n) is 4.99. The van der Waals surface area contributed by atoms with Gasteiger partial charge >= 0.3 is 0 Å². The zero-order chi connectivity index (χ0) is 13.5. The maximum absolute atomic E-state index is 4.69. The monoisotopic (exact) mass is 317 g/mol. The van der Waals surface area contributed by atoms with Gasteiger partial charge in [-0.1, -0.05) is 30.3 Å². The SMILES string of the molecule is CNc1nc(C2(c3ccccc3)CC2)nc(C)c1Br. The normalized spacial score (nSPS) is 16.2. The van der Waals surface area contributed by atoms with Crippen LogP contribution in [0.4, 0.5) is 5.82 Å². The van der Waals surface area contributed by atoms with Crippen LogP contribution in [-0.2, 0) is 5.41 Å². The largest absolute Gasteiger partial charge is 0.372 e. The Kier molecular flexibility index (Phi) is 3.05. The molecule has 1 aromatic carbocycles. The standard InChI is InChI=1S/C15H16BrN3/c1-10-12(16)13(17-2)19-14(18-10)15(8-9-15)11-6-4-3-5-7-11/h3-7H,8-9H2,1-2H3,(H,17,18,19). The van der Waals surface area contributed by atoms with E-state index in [4.69, 9.17) is 9.97 Å². The first kappa shape index (κ1) is 12.6. The smallest absolute Gasteiger partial charge is 0.144 e. The molecular formula is C15H16BrN3. The van der Waals surface area contributed by atoms with Crippen molar-refractivity contribution in [3.63, 3.8) is 0 Å². The van der Waals surface area contributed by atoms with Crippen LogP contribution in [0.15, 0.2) is 34.8 Å². The third kappa shape index (κ3) is 2.04. The molecule has 3 rings (SSSR count). The molecule has 1 aromatic heterocycles. The summed E-state index contributed by atoms with van der Waals surface area (Å²) in [7, 11) is 1.89. The Bertz CT molecular complexity index is 606. The number of hydrogen-bond acceptors (Lipinski definition) is 3. The first-order valence-electron chi connectivity index (χ1n) is 6.45. The second-order valence-corrected chi connectivity index (χ2v) is 5.79. The molecule has 3 nitrogen and oxygen atoms in total. The lowest BCUT2D eigenvalue weighted by Crippen LogP contribution is -2.15. The fraction of sp³-hybridized carbons (Fsp3) is 0.333. The predicted molar refractivity (Wildman–Crippen MR) is 80.5 cm³/mol. The van der Waals surface area contributed by atoms with Crippen molar-refractivity contribution in [3.8, 4) is 0 Å². The first-order valence-corrected chi connectivity index (χ1v) is 7.24. The van der Waals surface area contributed by atoms with Gasteiger partial charge in [-0.2, -0.15) is 0 Å². The molecule has 0 bridgehead atoms. The molecule has 4 heteroatoms. The van der Waals surface area contributed by atoms with Crippen LogP contribution in [0.25, 0.3) is 0 Å². The quantitative estimate of drug-likeness (QED) is 0.938. The number of nitrogens with zero attached hydrogens (tertiary/aromatic N) is 2. The molecule has 98 valence electrons. The van der Waals surface area contributed by atoms with Crippen molar-refractivity contribution in [3.05, 3.63) is 51.9 Å². The first-order chi connectivity index (χ1) is 9.17. The fourth-order valence-electron chi connectivity index (χ4n) is 2.46.